The summed E-state index contributed by atoms with van der Waals surface area (Å²) < 4.78 is 13.3. The zero-order valence-electron chi connectivity index (χ0n) is 19.5. The number of carbonyl (C=O) groups is 1. The molecule has 34 heavy (non-hydrogen) atoms. The highest BCUT2D eigenvalue weighted by Gasteiger charge is 2.27. The average Bonchev–Trinajstić information content (AvgIpc) is 3.28. The molecule has 0 atom stereocenters. The van der Waals surface area contributed by atoms with Crippen LogP contribution in [0.25, 0.3) is 11.3 Å². The number of fused-ring (bicyclic) bond motifs is 1. The lowest BCUT2D eigenvalue weighted by atomic mass is 10.0. The number of piperazine rings is 1. The van der Waals surface area contributed by atoms with E-state index in [1.54, 1.807) is 24.3 Å². The Kier molecular flexibility index (Phi) is 6.30. The van der Waals surface area contributed by atoms with Crippen LogP contribution in [0.15, 0.2) is 54.6 Å². The lowest BCUT2D eigenvalue weighted by Crippen LogP contribution is -2.44. The van der Waals surface area contributed by atoms with Crippen LogP contribution in [0.5, 0.6) is 0 Å². The third-order valence-corrected chi connectivity index (χ3v) is 6.89. The number of hydrogen-bond donors (Lipinski definition) is 1. The fourth-order valence-electron chi connectivity index (χ4n) is 4.75. The zero-order chi connectivity index (χ0) is 23.7. The van der Waals surface area contributed by atoms with Crippen molar-refractivity contribution in [1.82, 2.24) is 19.7 Å². The number of aromatic nitrogens is 1. The summed E-state index contributed by atoms with van der Waals surface area (Å²) in [7, 11) is 2.16. The van der Waals surface area contributed by atoms with Gasteiger partial charge in [0.25, 0.3) is 0 Å². The van der Waals surface area contributed by atoms with Gasteiger partial charge >= 0.3 is 0 Å². The molecule has 7 heteroatoms. The predicted octanol–water partition coefficient (Wildman–Crippen LogP) is 3.30. The van der Waals surface area contributed by atoms with Crippen LogP contribution in [0.4, 0.5) is 10.1 Å². The van der Waals surface area contributed by atoms with E-state index in [0.29, 0.717) is 30.2 Å². The molecule has 2 aliphatic rings. The van der Waals surface area contributed by atoms with E-state index in [1.165, 1.54) is 28.8 Å². The minimum Gasteiger partial charge on any atom is -0.397 e. The first kappa shape index (κ1) is 22.5. The molecule has 1 saturated heterocycles. The second kappa shape index (κ2) is 9.52. The molecular formula is C27H30FN5O. The van der Waals surface area contributed by atoms with Crippen LogP contribution in [-0.4, -0.2) is 58.8 Å². The summed E-state index contributed by atoms with van der Waals surface area (Å²) in [5, 5.41) is 0. The molecule has 5 rings (SSSR count). The molecule has 176 valence electrons. The third-order valence-electron chi connectivity index (χ3n) is 6.89. The lowest BCUT2D eigenvalue weighted by molar-refractivity contribution is -0.131. The Morgan fingerprint density at radius 3 is 2.53 bits per heavy atom. The van der Waals surface area contributed by atoms with Gasteiger partial charge in [-0.25, -0.2) is 4.39 Å². The number of carbonyl (C=O) groups excluding carboxylic acids is 1. The number of likely N-dealkylation sites (N-methyl/N-ethyl adjacent to an activating group) is 1. The summed E-state index contributed by atoms with van der Waals surface area (Å²) in [5.74, 6) is -0.285. The summed E-state index contributed by atoms with van der Waals surface area (Å²) in [4.78, 5) is 24.6. The number of halogens is 1. The summed E-state index contributed by atoms with van der Waals surface area (Å²) >= 11 is 0. The highest BCUT2D eigenvalue weighted by Crippen LogP contribution is 2.28. The third kappa shape index (κ3) is 4.81. The monoisotopic (exact) mass is 459 g/mol. The maximum absolute atomic E-state index is 13.3. The average molecular weight is 460 g/mol. The van der Waals surface area contributed by atoms with Gasteiger partial charge in [0.1, 0.15) is 5.82 Å². The van der Waals surface area contributed by atoms with E-state index < -0.39 is 0 Å². The van der Waals surface area contributed by atoms with Crippen LogP contribution in [0.3, 0.4) is 0 Å². The van der Waals surface area contributed by atoms with Crippen molar-refractivity contribution in [2.75, 3.05) is 39.0 Å². The molecule has 0 unspecified atom stereocenters. The van der Waals surface area contributed by atoms with Gasteiger partial charge in [-0.2, -0.15) is 0 Å². The van der Waals surface area contributed by atoms with E-state index in [2.05, 4.69) is 40.0 Å². The first-order chi connectivity index (χ1) is 16.5. The Morgan fingerprint density at radius 2 is 1.76 bits per heavy atom. The van der Waals surface area contributed by atoms with Gasteiger partial charge in [-0.15, -0.1) is 0 Å². The number of pyridine rings is 1. The van der Waals surface area contributed by atoms with Gasteiger partial charge in [0.2, 0.25) is 5.91 Å². The highest BCUT2D eigenvalue weighted by atomic mass is 19.1. The molecule has 1 amide bonds. The SMILES string of the molecule is CN1CCN(Cc2cccc3c2CN(C(=O)Cc2nc(-c4ccc(F)cc4)ccc2N)C3)CC1. The molecule has 1 aromatic heterocycles. The smallest absolute Gasteiger partial charge is 0.229 e. The first-order valence-electron chi connectivity index (χ1n) is 11.8. The van der Waals surface area contributed by atoms with Gasteiger partial charge < -0.3 is 15.5 Å². The Morgan fingerprint density at radius 1 is 1.00 bits per heavy atom. The first-order valence-corrected chi connectivity index (χ1v) is 11.8. The predicted molar refractivity (Wildman–Crippen MR) is 131 cm³/mol. The number of nitrogen functional groups attached to an aromatic ring is 1. The van der Waals surface area contributed by atoms with Crippen LogP contribution >= 0.6 is 0 Å². The summed E-state index contributed by atoms with van der Waals surface area (Å²) in [5.41, 5.74) is 12.5. The Bertz CT molecular complexity index is 1190. The molecule has 0 bridgehead atoms. The van der Waals surface area contributed by atoms with Crippen molar-refractivity contribution >= 4 is 11.6 Å². The number of rotatable bonds is 5. The maximum Gasteiger partial charge on any atom is 0.229 e. The minimum absolute atomic E-state index is 0.0113. The number of amides is 1. The molecule has 2 N–H and O–H groups in total. The summed E-state index contributed by atoms with van der Waals surface area (Å²) in [6, 6.07) is 16.1. The molecule has 0 radical (unpaired) electrons. The molecule has 3 heterocycles. The van der Waals surface area contributed by atoms with Gasteiger partial charge in [0, 0.05) is 51.4 Å². The van der Waals surface area contributed by atoms with Gasteiger partial charge in [0.05, 0.1) is 23.5 Å². The molecule has 0 aliphatic carbocycles. The number of hydrogen-bond acceptors (Lipinski definition) is 5. The summed E-state index contributed by atoms with van der Waals surface area (Å²) in [6.45, 7) is 6.47. The summed E-state index contributed by atoms with van der Waals surface area (Å²) in [6.07, 6.45) is 0.142. The molecule has 3 aromatic rings. The normalized spacial score (nSPS) is 16.6. The van der Waals surface area contributed by atoms with Crippen LogP contribution in [0, 0.1) is 5.82 Å². The van der Waals surface area contributed by atoms with Gasteiger partial charge in [0.15, 0.2) is 0 Å². The largest absolute Gasteiger partial charge is 0.397 e. The van der Waals surface area contributed by atoms with E-state index >= 15 is 0 Å². The van der Waals surface area contributed by atoms with Crippen molar-refractivity contribution in [2.45, 2.75) is 26.1 Å². The Balaban J connectivity index is 1.28. The van der Waals surface area contributed by atoms with E-state index in [4.69, 9.17) is 5.73 Å². The van der Waals surface area contributed by atoms with Crippen LogP contribution < -0.4 is 5.73 Å². The van der Waals surface area contributed by atoms with Crippen LogP contribution in [-0.2, 0) is 30.8 Å². The van der Waals surface area contributed by atoms with Crippen molar-refractivity contribution in [1.29, 1.82) is 0 Å². The van der Waals surface area contributed by atoms with E-state index in [0.717, 1.165) is 38.3 Å². The van der Waals surface area contributed by atoms with E-state index in [-0.39, 0.29) is 18.1 Å². The molecule has 0 spiro atoms. The van der Waals surface area contributed by atoms with Crippen molar-refractivity contribution in [3.63, 3.8) is 0 Å². The maximum atomic E-state index is 13.3. The Hall–Kier alpha value is -3.29. The van der Waals surface area contributed by atoms with E-state index in [1.807, 2.05) is 4.90 Å². The zero-order valence-corrected chi connectivity index (χ0v) is 19.5. The quantitative estimate of drug-likeness (QED) is 0.634. The molecular weight excluding hydrogens is 429 g/mol. The van der Waals surface area contributed by atoms with Crippen LogP contribution in [0.1, 0.15) is 22.4 Å². The van der Waals surface area contributed by atoms with E-state index in [9.17, 15) is 9.18 Å². The fourth-order valence-corrected chi connectivity index (χ4v) is 4.75. The second-order valence-electron chi connectivity index (χ2n) is 9.30. The van der Waals surface area contributed by atoms with Crippen molar-refractivity contribution in [3.05, 3.63) is 82.8 Å². The molecule has 2 aromatic carbocycles. The fraction of sp³-hybridized carbons (Fsp3) is 0.333. The van der Waals surface area contributed by atoms with Crippen molar-refractivity contribution < 1.29 is 9.18 Å². The number of benzene rings is 2. The number of nitrogens with two attached hydrogens (primary N) is 1. The van der Waals surface area contributed by atoms with Gasteiger partial charge in [-0.05, 0) is 60.1 Å². The molecule has 6 nitrogen and oxygen atoms in total. The molecule has 2 aliphatic heterocycles. The number of nitrogens with zero attached hydrogens (tertiary/aromatic N) is 4. The number of anilines is 1. The molecule has 1 fully saturated rings. The molecule has 0 saturated carbocycles. The topological polar surface area (TPSA) is 65.7 Å². The van der Waals surface area contributed by atoms with Crippen molar-refractivity contribution in [3.8, 4) is 11.3 Å². The highest BCUT2D eigenvalue weighted by molar-refractivity contribution is 5.81. The van der Waals surface area contributed by atoms with Gasteiger partial charge in [-0.1, -0.05) is 18.2 Å². The van der Waals surface area contributed by atoms with Crippen LogP contribution in [0.2, 0.25) is 0 Å². The minimum atomic E-state index is -0.296. The van der Waals surface area contributed by atoms with Gasteiger partial charge in [-0.3, -0.25) is 14.7 Å². The Labute approximate surface area is 199 Å². The lowest BCUT2D eigenvalue weighted by Gasteiger charge is -2.32. The van der Waals surface area contributed by atoms with Crippen molar-refractivity contribution in [2.24, 2.45) is 0 Å². The standard InChI is InChI=1S/C27H30FN5O/c1-31-11-13-32(14-12-31)16-20-3-2-4-21-17-33(18-23(20)21)27(34)15-26-24(29)9-10-25(30-26)19-5-7-22(28)8-6-19/h2-10H,11-18,29H2,1H3. The second-order valence-corrected chi connectivity index (χ2v) is 9.30.